The molecule has 2 aromatic carbocycles. The standard InChI is InChI=1S/C20H24FNO2/c1-16(20(23)24-15-18-6-4-3-5-7-18)19-10-8-17(9-11-19)14-22(2)13-12-21/h3-11,16H,12-15H2,1-2H3/t16-/m0/s1. The maximum atomic E-state index is 12.3. The topological polar surface area (TPSA) is 29.5 Å². The zero-order chi connectivity index (χ0) is 17.4. The molecule has 0 fully saturated rings. The van der Waals surface area contributed by atoms with E-state index >= 15 is 0 Å². The van der Waals surface area contributed by atoms with Crippen LogP contribution >= 0.6 is 0 Å². The molecule has 2 aromatic rings. The van der Waals surface area contributed by atoms with Gasteiger partial charge in [-0.1, -0.05) is 54.6 Å². The fourth-order valence-electron chi connectivity index (χ4n) is 2.44. The van der Waals surface area contributed by atoms with Crippen molar-refractivity contribution in [3.63, 3.8) is 0 Å². The minimum absolute atomic E-state index is 0.235. The van der Waals surface area contributed by atoms with Gasteiger partial charge in [-0.25, -0.2) is 4.39 Å². The van der Waals surface area contributed by atoms with Crippen LogP contribution in [0.25, 0.3) is 0 Å². The van der Waals surface area contributed by atoms with Crippen LogP contribution in [0.5, 0.6) is 0 Å². The molecule has 2 rings (SSSR count). The summed E-state index contributed by atoms with van der Waals surface area (Å²) >= 11 is 0. The number of hydrogen-bond acceptors (Lipinski definition) is 3. The van der Waals surface area contributed by atoms with Crippen molar-refractivity contribution in [3.05, 3.63) is 71.3 Å². The quantitative estimate of drug-likeness (QED) is 0.687. The number of rotatable bonds is 8. The highest BCUT2D eigenvalue weighted by molar-refractivity contribution is 5.77. The van der Waals surface area contributed by atoms with Crippen LogP contribution in [0.4, 0.5) is 4.39 Å². The number of ether oxygens (including phenoxy) is 1. The molecule has 24 heavy (non-hydrogen) atoms. The molecule has 0 heterocycles. The Kier molecular flexibility index (Phi) is 6.94. The van der Waals surface area contributed by atoms with Gasteiger partial charge < -0.3 is 4.74 Å². The van der Waals surface area contributed by atoms with Gasteiger partial charge in [-0.2, -0.15) is 0 Å². The number of nitrogens with zero attached hydrogens (tertiary/aromatic N) is 1. The second-order valence-electron chi connectivity index (χ2n) is 5.98. The summed E-state index contributed by atoms with van der Waals surface area (Å²) in [6, 6.07) is 17.5. The maximum absolute atomic E-state index is 12.3. The second-order valence-corrected chi connectivity index (χ2v) is 5.98. The fourth-order valence-corrected chi connectivity index (χ4v) is 2.44. The third-order valence-electron chi connectivity index (χ3n) is 3.98. The number of benzene rings is 2. The third-order valence-corrected chi connectivity index (χ3v) is 3.98. The summed E-state index contributed by atoms with van der Waals surface area (Å²) in [6.07, 6.45) is 0. The average Bonchev–Trinajstić information content (AvgIpc) is 2.61. The predicted octanol–water partition coefficient (Wildman–Crippen LogP) is 3.93. The number of halogens is 1. The second kappa shape index (κ2) is 9.18. The lowest BCUT2D eigenvalue weighted by molar-refractivity contribution is -0.146. The van der Waals surface area contributed by atoms with Crippen LogP contribution in [0.2, 0.25) is 0 Å². The van der Waals surface area contributed by atoms with Gasteiger partial charge in [-0.05, 0) is 30.7 Å². The van der Waals surface area contributed by atoms with Gasteiger partial charge in [0.1, 0.15) is 13.3 Å². The lowest BCUT2D eigenvalue weighted by Gasteiger charge is -2.16. The Bertz CT molecular complexity index is 628. The van der Waals surface area contributed by atoms with Gasteiger partial charge in [0.05, 0.1) is 5.92 Å². The lowest BCUT2D eigenvalue weighted by atomic mass is 10.00. The molecule has 3 nitrogen and oxygen atoms in total. The van der Waals surface area contributed by atoms with Crippen LogP contribution in [0.1, 0.15) is 29.5 Å². The van der Waals surface area contributed by atoms with Crippen molar-refractivity contribution < 1.29 is 13.9 Å². The van der Waals surface area contributed by atoms with E-state index in [4.69, 9.17) is 4.74 Å². The zero-order valence-corrected chi connectivity index (χ0v) is 14.2. The summed E-state index contributed by atoms with van der Waals surface area (Å²) in [5, 5.41) is 0. The van der Waals surface area contributed by atoms with Gasteiger partial charge in [-0.15, -0.1) is 0 Å². The number of alkyl halides is 1. The van der Waals surface area contributed by atoms with E-state index in [2.05, 4.69) is 0 Å². The van der Waals surface area contributed by atoms with Gasteiger partial charge in [0.25, 0.3) is 0 Å². The molecule has 0 saturated carbocycles. The van der Waals surface area contributed by atoms with Crippen molar-refractivity contribution in [1.82, 2.24) is 4.90 Å². The van der Waals surface area contributed by atoms with E-state index in [1.165, 1.54) is 0 Å². The van der Waals surface area contributed by atoms with Gasteiger partial charge >= 0.3 is 5.97 Å². The van der Waals surface area contributed by atoms with E-state index in [-0.39, 0.29) is 25.2 Å². The number of esters is 1. The van der Waals surface area contributed by atoms with Crippen molar-refractivity contribution in [2.75, 3.05) is 20.3 Å². The molecule has 0 radical (unpaired) electrons. The van der Waals surface area contributed by atoms with Crippen molar-refractivity contribution >= 4 is 5.97 Å². The highest BCUT2D eigenvalue weighted by Gasteiger charge is 2.16. The van der Waals surface area contributed by atoms with E-state index in [9.17, 15) is 9.18 Å². The largest absolute Gasteiger partial charge is 0.460 e. The minimum Gasteiger partial charge on any atom is -0.460 e. The normalized spacial score (nSPS) is 12.2. The number of hydrogen-bond donors (Lipinski definition) is 0. The van der Waals surface area contributed by atoms with Gasteiger partial charge in [-0.3, -0.25) is 9.69 Å². The van der Waals surface area contributed by atoms with Crippen molar-refractivity contribution in [2.45, 2.75) is 26.0 Å². The Balaban J connectivity index is 1.89. The number of carbonyl (C=O) groups is 1. The van der Waals surface area contributed by atoms with Gasteiger partial charge in [0, 0.05) is 13.1 Å². The predicted molar refractivity (Wildman–Crippen MR) is 93.4 cm³/mol. The first-order chi connectivity index (χ1) is 11.6. The minimum atomic E-state index is -0.348. The molecule has 0 aliphatic carbocycles. The molecule has 0 aliphatic heterocycles. The van der Waals surface area contributed by atoms with E-state index in [1.54, 1.807) is 0 Å². The van der Waals surface area contributed by atoms with E-state index < -0.39 is 0 Å². The average molecular weight is 329 g/mol. The van der Waals surface area contributed by atoms with E-state index in [0.29, 0.717) is 13.1 Å². The Morgan fingerprint density at radius 3 is 2.38 bits per heavy atom. The molecule has 128 valence electrons. The monoisotopic (exact) mass is 329 g/mol. The molecule has 0 aliphatic rings. The summed E-state index contributed by atoms with van der Waals surface area (Å²) < 4.78 is 17.7. The summed E-state index contributed by atoms with van der Waals surface area (Å²) in [7, 11) is 1.89. The van der Waals surface area contributed by atoms with Crippen LogP contribution in [0, 0.1) is 0 Å². The summed E-state index contributed by atoms with van der Waals surface area (Å²) in [6.45, 7) is 2.90. The van der Waals surface area contributed by atoms with Crippen LogP contribution < -0.4 is 0 Å². The highest BCUT2D eigenvalue weighted by Crippen LogP contribution is 2.19. The van der Waals surface area contributed by atoms with Crippen LogP contribution in [0.15, 0.2) is 54.6 Å². The Labute approximate surface area is 143 Å². The molecular formula is C20H24FNO2. The molecule has 0 aromatic heterocycles. The molecule has 0 amide bonds. The first kappa shape index (κ1) is 18.1. The first-order valence-electron chi connectivity index (χ1n) is 8.14. The third kappa shape index (κ3) is 5.46. The molecule has 0 saturated heterocycles. The summed E-state index contributed by atoms with van der Waals surface area (Å²) in [4.78, 5) is 14.1. The molecule has 4 heteroatoms. The molecule has 0 spiro atoms. The molecule has 0 unspecified atom stereocenters. The lowest BCUT2D eigenvalue weighted by Crippen LogP contribution is -2.20. The fraction of sp³-hybridized carbons (Fsp3) is 0.350. The van der Waals surface area contributed by atoms with Crippen LogP contribution in [-0.4, -0.2) is 31.1 Å². The summed E-state index contributed by atoms with van der Waals surface area (Å²) in [5.41, 5.74) is 2.99. The Morgan fingerprint density at radius 2 is 1.75 bits per heavy atom. The van der Waals surface area contributed by atoms with E-state index in [1.807, 2.05) is 73.5 Å². The molecule has 0 bridgehead atoms. The van der Waals surface area contributed by atoms with Crippen molar-refractivity contribution in [1.29, 1.82) is 0 Å². The Morgan fingerprint density at radius 1 is 1.08 bits per heavy atom. The van der Waals surface area contributed by atoms with Crippen molar-refractivity contribution in [2.24, 2.45) is 0 Å². The van der Waals surface area contributed by atoms with Gasteiger partial charge in [0.15, 0.2) is 0 Å². The van der Waals surface area contributed by atoms with E-state index in [0.717, 1.165) is 16.7 Å². The molecule has 0 N–H and O–H groups in total. The van der Waals surface area contributed by atoms with Crippen LogP contribution in [-0.2, 0) is 22.7 Å². The SMILES string of the molecule is C[C@H](C(=O)OCc1ccccc1)c1ccc(CN(C)CCF)cc1. The van der Waals surface area contributed by atoms with Gasteiger partial charge in [0.2, 0.25) is 0 Å². The van der Waals surface area contributed by atoms with Crippen molar-refractivity contribution in [3.8, 4) is 0 Å². The smallest absolute Gasteiger partial charge is 0.313 e. The summed E-state index contributed by atoms with van der Waals surface area (Å²) in [5.74, 6) is -0.549. The first-order valence-corrected chi connectivity index (χ1v) is 8.14. The molecular weight excluding hydrogens is 305 g/mol. The molecule has 1 atom stereocenters. The zero-order valence-electron chi connectivity index (χ0n) is 14.2. The highest BCUT2D eigenvalue weighted by atomic mass is 19.1. The number of carbonyl (C=O) groups excluding carboxylic acids is 1. The van der Waals surface area contributed by atoms with Crippen LogP contribution in [0.3, 0.4) is 0 Å². The Hall–Kier alpha value is -2.20. The maximum Gasteiger partial charge on any atom is 0.313 e.